The number of halogens is 1. The first-order valence-corrected chi connectivity index (χ1v) is 11.5. The molecule has 5 rings (SSSR count). The van der Waals surface area contributed by atoms with Crippen LogP contribution >= 0.6 is 15.9 Å². The molecule has 1 aliphatic carbocycles. The SMILES string of the molecule is CC1(C)CC(=O)C2=C(C1)OC(N)=C(C#N)C21CN(Cc2ccccc2)c2ccc(Br)cc21. The minimum absolute atomic E-state index is 0.0315. The molecular formula is C26H24BrN3O2. The highest BCUT2D eigenvalue weighted by molar-refractivity contribution is 9.10. The Morgan fingerprint density at radius 3 is 2.66 bits per heavy atom. The fourth-order valence-electron chi connectivity index (χ4n) is 5.45. The zero-order chi connectivity index (χ0) is 22.7. The number of carbonyl (C=O) groups excluding carboxylic acids is 1. The molecule has 6 heteroatoms. The Bertz CT molecular complexity index is 1240. The summed E-state index contributed by atoms with van der Waals surface area (Å²) in [4.78, 5) is 15.8. The number of nitriles is 1. The van der Waals surface area contributed by atoms with Crippen molar-refractivity contribution in [2.75, 3.05) is 11.4 Å². The van der Waals surface area contributed by atoms with Gasteiger partial charge in [-0.1, -0.05) is 60.1 Å². The predicted molar refractivity (Wildman–Crippen MR) is 126 cm³/mol. The number of nitrogens with two attached hydrogens (primary N) is 1. The summed E-state index contributed by atoms with van der Waals surface area (Å²) >= 11 is 3.60. The van der Waals surface area contributed by atoms with Gasteiger partial charge in [-0.05, 0) is 34.7 Å². The van der Waals surface area contributed by atoms with Gasteiger partial charge in [0, 0.05) is 36.1 Å². The first kappa shape index (κ1) is 20.8. The minimum Gasteiger partial charge on any atom is -0.444 e. The first-order chi connectivity index (χ1) is 15.2. The minimum atomic E-state index is -0.937. The molecule has 1 unspecified atom stereocenters. The van der Waals surface area contributed by atoms with E-state index in [1.165, 1.54) is 0 Å². The van der Waals surface area contributed by atoms with Crippen molar-refractivity contribution in [3.8, 4) is 6.07 Å². The van der Waals surface area contributed by atoms with Crippen LogP contribution in [-0.4, -0.2) is 12.3 Å². The molecule has 0 saturated carbocycles. The second-order valence-corrected chi connectivity index (χ2v) is 10.5. The summed E-state index contributed by atoms with van der Waals surface area (Å²) in [6, 6.07) is 18.6. The Morgan fingerprint density at radius 2 is 1.94 bits per heavy atom. The molecule has 1 spiro atoms. The van der Waals surface area contributed by atoms with Gasteiger partial charge in [0.2, 0.25) is 5.88 Å². The van der Waals surface area contributed by atoms with Gasteiger partial charge in [0.1, 0.15) is 17.4 Å². The molecule has 2 aromatic carbocycles. The third kappa shape index (κ3) is 3.07. The number of nitrogens with zero attached hydrogens (tertiary/aromatic N) is 2. The van der Waals surface area contributed by atoms with Gasteiger partial charge in [-0.25, -0.2) is 0 Å². The number of ether oxygens (including phenoxy) is 1. The predicted octanol–water partition coefficient (Wildman–Crippen LogP) is 5.07. The van der Waals surface area contributed by atoms with Crippen molar-refractivity contribution in [1.82, 2.24) is 0 Å². The average molecular weight is 490 g/mol. The van der Waals surface area contributed by atoms with Crippen molar-refractivity contribution in [2.24, 2.45) is 11.1 Å². The normalized spacial score (nSPS) is 23.7. The molecule has 2 aliphatic heterocycles. The molecule has 3 aliphatic rings. The van der Waals surface area contributed by atoms with Crippen molar-refractivity contribution < 1.29 is 9.53 Å². The largest absolute Gasteiger partial charge is 0.444 e. The molecule has 0 fully saturated rings. The number of allylic oxidation sites excluding steroid dienone is 1. The number of rotatable bonds is 2. The molecule has 2 heterocycles. The van der Waals surface area contributed by atoms with E-state index in [1.54, 1.807) is 0 Å². The number of anilines is 1. The maximum absolute atomic E-state index is 13.6. The zero-order valence-electron chi connectivity index (χ0n) is 18.1. The highest BCUT2D eigenvalue weighted by Crippen LogP contribution is 2.57. The van der Waals surface area contributed by atoms with E-state index < -0.39 is 5.41 Å². The molecule has 0 amide bonds. The Balaban J connectivity index is 1.75. The van der Waals surface area contributed by atoms with E-state index in [0.717, 1.165) is 21.3 Å². The molecular weight excluding hydrogens is 466 g/mol. The van der Waals surface area contributed by atoms with Gasteiger partial charge in [0.05, 0.1) is 11.0 Å². The van der Waals surface area contributed by atoms with Crippen LogP contribution in [0.3, 0.4) is 0 Å². The van der Waals surface area contributed by atoms with Gasteiger partial charge in [-0.15, -0.1) is 0 Å². The number of fused-ring (bicyclic) bond motifs is 3. The lowest BCUT2D eigenvalue weighted by molar-refractivity contribution is -0.119. The third-order valence-electron chi connectivity index (χ3n) is 6.68. The highest BCUT2D eigenvalue weighted by Gasteiger charge is 2.57. The van der Waals surface area contributed by atoms with Crippen molar-refractivity contribution in [1.29, 1.82) is 5.26 Å². The van der Waals surface area contributed by atoms with Crippen LogP contribution in [0.2, 0.25) is 0 Å². The van der Waals surface area contributed by atoms with E-state index in [0.29, 0.717) is 42.8 Å². The fourth-order valence-corrected chi connectivity index (χ4v) is 5.81. The number of ketones is 1. The molecule has 32 heavy (non-hydrogen) atoms. The van der Waals surface area contributed by atoms with Crippen molar-refractivity contribution in [3.05, 3.63) is 86.9 Å². The summed E-state index contributed by atoms with van der Waals surface area (Å²) in [6.07, 6.45) is 1.02. The van der Waals surface area contributed by atoms with Crippen molar-refractivity contribution >= 4 is 27.4 Å². The maximum atomic E-state index is 13.6. The van der Waals surface area contributed by atoms with E-state index in [-0.39, 0.29) is 17.1 Å². The number of hydrogen-bond acceptors (Lipinski definition) is 5. The summed E-state index contributed by atoms with van der Waals surface area (Å²) < 4.78 is 6.84. The smallest absolute Gasteiger partial charge is 0.205 e. The number of carbonyl (C=O) groups is 1. The van der Waals surface area contributed by atoms with Gasteiger partial charge in [-0.2, -0.15) is 5.26 Å². The Labute approximate surface area is 196 Å². The fraction of sp³-hybridized carbons (Fsp3) is 0.308. The quantitative estimate of drug-likeness (QED) is 0.636. The molecule has 1 atom stereocenters. The topological polar surface area (TPSA) is 79.3 Å². The highest BCUT2D eigenvalue weighted by atomic mass is 79.9. The third-order valence-corrected chi connectivity index (χ3v) is 7.18. The lowest BCUT2D eigenvalue weighted by Crippen LogP contribution is -2.46. The van der Waals surface area contributed by atoms with Gasteiger partial charge in [0.15, 0.2) is 5.78 Å². The van der Waals surface area contributed by atoms with Gasteiger partial charge < -0.3 is 15.4 Å². The van der Waals surface area contributed by atoms with Gasteiger partial charge in [-0.3, -0.25) is 4.79 Å². The molecule has 0 saturated heterocycles. The molecule has 0 aromatic heterocycles. The first-order valence-electron chi connectivity index (χ1n) is 10.7. The van der Waals surface area contributed by atoms with E-state index in [1.807, 2.05) is 30.3 Å². The Hall–Kier alpha value is -3.04. The lowest BCUT2D eigenvalue weighted by atomic mass is 9.62. The lowest BCUT2D eigenvalue weighted by Gasteiger charge is -2.42. The van der Waals surface area contributed by atoms with E-state index in [2.05, 4.69) is 58.9 Å². The van der Waals surface area contributed by atoms with Gasteiger partial charge >= 0.3 is 0 Å². The summed E-state index contributed by atoms with van der Waals surface area (Å²) in [5.41, 5.74) is 9.18. The van der Waals surface area contributed by atoms with Crippen LogP contribution in [0.1, 0.15) is 37.8 Å². The van der Waals surface area contributed by atoms with Crippen molar-refractivity contribution in [3.63, 3.8) is 0 Å². The molecule has 5 nitrogen and oxygen atoms in total. The van der Waals surface area contributed by atoms with Crippen LogP contribution < -0.4 is 10.6 Å². The second-order valence-electron chi connectivity index (χ2n) is 9.60. The number of benzene rings is 2. The van der Waals surface area contributed by atoms with Crippen LogP contribution in [-0.2, 0) is 21.5 Å². The molecule has 0 bridgehead atoms. The average Bonchev–Trinajstić information content (AvgIpc) is 3.01. The maximum Gasteiger partial charge on any atom is 0.205 e. The molecule has 2 N–H and O–H groups in total. The molecule has 0 radical (unpaired) electrons. The van der Waals surface area contributed by atoms with E-state index >= 15 is 0 Å². The summed E-state index contributed by atoms with van der Waals surface area (Å²) in [6.45, 7) is 5.25. The van der Waals surface area contributed by atoms with Crippen LogP contribution in [0.5, 0.6) is 0 Å². The Kier molecular flexibility index (Phi) is 4.72. The molecule has 2 aromatic rings. The summed E-state index contributed by atoms with van der Waals surface area (Å²) in [5.74, 6) is 0.739. The zero-order valence-corrected chi connectivity index (χ0v) is 19.7. The Morgan fingerprint density at radius 1 is 1.19 bits per heavy atom. The van der Waals surface area contributed by atoms with Crippen LogP contribution in [0.25, 0.3) is 0 Å². The second kappa shape index (κ2) is 7.25. The van der Waals surface area contributed by atoms with E-state index in [4.69, 9.17) is 10.5 Å². The molecule has 162 valence electrons. The standard InChI is InChI=1S/C26H24BrN3O2/c1-25(2)11-21(31)23-22(12-25)32-24(29)19(13-28)26(23)15-30(14-16-6-4-3-5-7-16)20-9-8-17(27)10-18(20)26/h3-10H,11-12,14-15,29H2,1-2H3. The van der Waals surface area contributed by atoms with Crippen LogP contribution in [0.15, 0.2) is 75.8 Å². The van der Waals surface area contributed by atoms with Crippen molar-refractivity contribution in [2.45, 2.75) is 38.6 Å². The van der Waals surface area contributed by atoms with Crippen LogP contribution in [0, 0.1) is 16.7 Å². The monoisotopic (exact) mass is 489 g/mol. The number of Topliss-reactive ketones (excluding diaryl/α,β-unsaturated/α-hetero) is 1. The number of hydrogen-bond donors (Lipinski definition) is 1. The van der Waals surface area contributed by atoms with Crippen LogP contribution in [0.4, 0.5) is 5.69 Å². The van der Waals surface area contributed by atoms with E-state index in [9.17, 15) is 10.1 Å². The summed E-state index contributed by atoms with van der Waals surface area (Å²) in [7, 11) is 0. The summed E-state index contributed by atoms with van der Waals surface area (Å²) in [5, 5.41) is 10.2. The van der Waals surface area contributed by atoms with Gasteiger partial charge in [0.25, 0.3) is 0 Å².